The zero-order valence-corrected chi connectivity index (χ0v) is 83.1. The van der Waals surface area contributed by atoms with Crippen LogP contribution in [-0.2, 0) is 133 Å². The number of aryl methyl sites for hydroxylation is 1. The molecule has 2 heterocycles. The lowest BCUT2D eigenvalue weighted by Gasteiger charge is -2.33. The molecule has 1 aliphatic rings. The molecule has 4 amide bonds. The first-order valence-electron chi connectivity index (χ1n) is 45.8. The normalized spacial score (nSPS) is 12.9. The molecule has 2 aromatic rings. The number of esters is 6. The summed E-state index contributed by atoms with van der Waals surface area (Å²) in [4.78, 5) is 160. The van der Waals surface area contributed by atoms with E-state index in [1.54, 1.807) is 6.92 Å². The minimum atomic E-state index is -1.11. The van der Waals surface area contributed by atoms with Crippen molar-refractivity contribution in [1.82, 2.24) is 30.8 Å². The third-order valence-electron chi connectivity index (χ3n) is 19.3. The SMILES string of the molecule is CC[C@H]1O[C@@H](n2cc(C)c(=O)[nH]c2=O)CC1OC(=O)CCC(=O)Oc1ccc([N+](=O)[O-])cc1.CO.COC(=O)CCOCC(COCCC(=O)OC)(COCCC(=O)OC)COCCC(=O)OC.NCCNC(=O)CCOCC(COCCC(=O)NCCN)(COCCC(=O)NCCN)COCCC(=O)NCCN.OCC(CO)(CO)CO.[C-]#[N+]CCOCC(COCCC#N)(COCCC#N)COCC[N+]#[C-]. The number of nitro benzene ring substituents is 1. The number of aromatic nitrogens is 2. The van der Waals surface area contributed by atoms with Gasteiger partial charge in [0.15, 0.2) is 0 Å². The highest BCUT2D eigenvalue weighted by molar-refractivity contribution is 5.79. The van der Waals surface area contributed by atoms with Crippen LogP contribution in [0.5, 0.6) is 5.75 Å². The highest BCUT2D eigenvalue weighted by Crippen LogP contribution is 2.33. The molecule has 3 atom stereocenters. The van der Waals surface area contributed by atoms with Gasteiger partial charge in [0.25, 0.3) is 11.2 Å². The Morgan fingerprint density at radius 2 is 0.769 bits per heavy atom. The smallest absolute Gasteiger partial charge is 0.330 e. The number of H-pyrrole nitrogens is 1. The van der Waals surface area contributed by atoms with Crippen LogP contribution in [0.25, 0.3) is 9.69 Å². The zero-order chi connectivity index (χ0) is 108. The van der Waals surface area contributed by atoms with Gasteiger partial charge in [0.1, 0.15) is 31.3 Å². The Morgan fingerprint density at radius 3 is 1.03 bits per heavy atom. The predicted octanol–water partition coefficient (Wildman–Crippen LogP) is -2.81. The molecule has 0 radical (unpaired) electrons. The molecule has 0 aliphatic carbocycles. The molecule has 3 rings (SSSR count). The standard InChI is InChI=1S/C25H52N8O8.C21H23N3O9.C21H36O12.C17H24N4O4.C5H12O4.CH4O/c26-5-9-30-21(34)1-13-38-17-25(18-39-14-2-22(35)31-10-6-27,19-40-15-3-23(36)32-11-7-28)20-41-16-4-24(37)33-12-8-29;1-3-15-16(10-17(32-15)23-11-12(2)20(27)22-21(23)28)33-19(26)9-8-18(25)31-14-6-4-13(5-7-14)24(29)30;1-26-17(22)5-9-30-13-21(14-31-10-6-18(23)27-2,15-32-11-7-19(24)28-3)16-33-12-8-20(25)29-4;1-20-7-11-24-15-17(13-22-9-3-5-18,14-23-10-4-6-19)16-25-12-8-21-2;6-1-5(2-7,3-8)4-9;1-2/h1-20,26-29H2,(H,30,34)(H,31,35)(H,32,36)(H,33,37);4-7,11,15-17H,3,8-10H2,1-2H3,(H,22,27,28);5-16H2,1-4H3;3-4,7-16H2;6-9H,1-4H2;2H,1H3/t;15-,16?,17-;;;;/m.1..../s1. The topological polar surface area (TPSA) is 754 Å². The summed E-state index contributed by atoms with van der Waals surface area (Å²) in [5, 5.41) is 79.6. The molecule has 1 aliphatic heterocycles. The molecule has 0 saturated carbocycles. The van der Waals surface area contributed by atoms with Gasteiger partial charge in [-0.15, -0.1) is 0 Å². The molecule has 0 bridgehead atoms. The monoisotopic (exact) mass is 2050 g/mol. The van der Waals surface area contributed by atoms with Crippen molar-refractivity contribution in [3.63, 3.8) is 0 Å². The van der Waals surface area contributed by atoms with Crippen molar-refractivity contribution in [1.29, 1.82) is 10.5 Å². The number of amides is 4. The number of methoxy groups -OCH3 is 4. The number of nitrogens with zero attached hydrogens (tertiary/aromatic N) is 6. The number of aromatic amines is 1. The fourth-order valence-corrected chi connectivity index (χ4v) is 11.3. The van der Waals surface area contributed by atoms with Crippen LogP contribution in [0.4, 0.5) is 5.69 Å². The first kappa shape index (κ1) is 136. The van der Waals surface area contributed by atoms with Gasteiger partial charge in [-0.2, -0.15) is 10.5 Å². The summed E-state index contributed by atoms with van der Waals surface area (Å²) in [7, 11) is 6.14. The second-order valence-electron chi connectivity index (χ2n) is 31.2. The van der Waals surface area contributed by atoms with Crippen molar-refractivity contribution >= 4 is 65.1 Å². The second kappa shape index (κ2) is 88.8. The Labute approximate surface area is 832 Å². The van der Waals surface area contributed by atoms with Crippen molar-refractivity contribution in [2.45, 2.75) is 122 Å². The number of benzene rings is 1. The molecule has 1 aromatic heterocycles. The van der Waals surface area contributed by atoms with E-state index in [-0.39, 0.29) is 264 Å². The van der Waals surface area contributed by atoms with Crippen LogP contribution in [0.1, 0.15) is 109 Å². The number of ether oxygens (including phenoxy) is 19. The third-order valence-corrected chi connectivity index (χ3v) is 19.3. The molecule has 143 heavy (non-hydrogen) atoms. The van der Waals surface area contributed by atoms with E-state index >= 15 is 0 Å². The maximum absolute atomic E-state index is 12.3. The van der Waals surface area contributed by atoms with E-state index in [1.807, 2.05) is 19.1 Å². The number of nitriles is 2. The molecule has 1 saturated heterocycles. The van der Waals surface area contributed by atoms with Crippen LogP contribution in [0.15, 0.2) is 40.1 Å². The molecule has 18 N–H and O–H groups in total. The molecule has 53 heteroatoms. The van der Waals surface area contributed by atoms with E-state index in [2.05, 4.69) is 54.9 Å². The lowest BCUT2D eigenvalue weighted by molar-refractivity contribution is -0.384. The number of carbonyl (C=O) groups is 10. The van der Waals surface area contributed by atoms with Crippen LogP contribution in [0.2, 0.25) is 0 Å². The number of hydrogen-bond donors (Lipinski definition) is 14. The molecule has 1 fully saturated rings. The number of carbonyl (C=O) groups excluding carboxylic acids is 10. The van der Waals surface area contributed by atoms with Gasteiger partial charge in [-0.1, -0.05) is 6.92 Å². The number of hydrogen-bond acceptors (Lipinski definition) is 44. The third kappa shape index (κ3) is 68.9. The summed E-state index contributed by atoms with van der Waals surface area (Å²) in [6.07, 6.45) is 1.16. The van der Waals surface area contributed by atoms with E-state index in [0.717, 1.165) is 7.11 Å². The lowest BCUT2D eigenvalue weighted by atomic mass is 9.92. The van der Waals surface area contributed by atoms with Crippen molar-refractivity contribution < 1.29 is 168 Å². The Balaban J connectivity index is -0.00000178. The molecule has 814 valence electrons. The van der Waals surface area contributed by atoms with Crippen molar-refractivity contribution in [3.05, 3.63) is 89.8 Å². The highest BCUT2D eigenvalue weighted by atomic mass is 16.6. The van der Waals surface area contributed by atoms with Crippen LogP contribution in [-0.4, -0.2) is 398 Å². The number of nitro groups is 1. The van der Waals surface area contributed by atoms with E-state index in [1.165, 1.54) is 63.5 Å². The fourth-order valence-electron chi connectivity index (χ4n) is 11.3. The summed E-state index contributed by atoms with van der Waals surface area (Å²) >= 11 is 0. The number of nitrogens with one attached hydrogen (secondary N) is 5. The largest absolute Gasteiger partial charge is 0.469 e. The van der Waals surface area contributed by atoms with Gasteiger partial charge in [-0.05, 0) is 25.5 Å². The van der Waals surface area contributed by atoms with Gasteiger partial charge in [0.05, 0.1) is 296 Å². The van der Waals surface area contributed by atoms with Crippen molar-refractivity contribution in [2.75, 3.05) is 286 Å². The average Bonchev–Trinajstić information content (AvgIpc) is 1.67. The Bertz CT molecular complexity index is 3780. The van der Waals surface area contributed by atoms with Gasteiger partial charge in [-0.3, -0.25) is 72.4 Å². The van der Waals surface area contributed by atoms with Crippen LogP contribution in [0, 0.1) is 74.5 Å². The van der Waals surface area contributed by atoms with E-state index in [9.17, 15) is 67.6 Å². The number of aliphatic hydroxyl groups is 5. The summed E-state index contributed by atoms with van der Waals surface area (Å²) in [5.41, 5.74) is 17.3. The Kier molecular flexibility index (Phi) is 84.5. The number of rotatable bonds is 76. The average molecular weight is 2050 g/mol. The van der Waals surface area contributed by atoms with E-state index < -0.39 is 119 Å². The molecule has 1 unspecified atom stereocenters. The first-order chi connectivity index (χ1) is 68.8. The van der Waals surface area contributed by atoms with Gasteiger partial charge in [-0.25, -0.2) is 17.9 Å². The maximum atomic E-state index is 12.3. The Morgan fingerprint density at radius 1 is 0.476 bits per heavy atom. The zero-order valence-electron chi connectivity index (χ0n) is 83.1. The summed E-state index contributed by atoms with van der Waals surface area (Å²) in [5.74, 6) is -3.65. The summed E-state index contributed by atoms with van der Waals surface area (Å²) < 4.78 is 104. The molecule has 0 spiro atoms. The van der Waals surface area contributed by atoms with Gasteiger partial charge < -0.3 is 169 Å². The Hall–Kier alpha value is -10.9. The van der Waals surface area contributed by atoms with Gasteiger partial charge in [0.2, 0.25) is 36.7 Å². The minimum absolute atomic E-state index is 0.0577. The number of aliphatic hydroxyl groups excluding tert-OH is 5. The quantitative estimate of drug-likeness (QED) is 0.00605. The number of non-ortho nitro benzene ring substituents is 1. The lowest BCUT2D eigenvalue weighted by Crippen LogP contribution is -2.43. The van der Waals surface area contributed by atoms with Gasteiger partial charge in [0, 0.05) is 115 Å². The fraction of sp³-hybridized carbons (Fsp3) is 0.733. The van der Waals surface area contributed by atoms with Crippen LogP contribution < -0.4 is 60.2 Å². The minimum Gasteiger partial charge on any atom is -0.469 e. The van der Waals surface area contributed by atoms with E-state index in [0.29, 0.717) is 90.8 Å². The predicted molar refractivity (Wildman–Crippen MR) is 505 cm³/mol. The molecule has 53 nitrogen and oxygen atoms in total. The van der Waals surface area contributed by atoms with E-state index in [4.69, 9.17) is 143 Å². The maximum Gasteiger partial charge on any atom is 0.330 e. The summed E-state index contributed by atoms with van der Waals surface area (Å²) in [6.45, 7) is 22.5. The van der Waals surface area contributed by atoms with Crippen molar-refractivity contribution in [3.8, 4) is 17.9 Å². The summed E-state index contributed by atoms with van der Waals surface area (Å²) in [6, 6.07) is 9.01. The second-order valence-corrected chi connectivity index (χ2v) is 31.2. The molecular formula is C90H151N15O38. The van der Waals surface area contributed by atoms with Gasteiger partial charge >= 0.3 is 41.5 Å². The molecular weight excluding hydrogens is 1900 g/mol. The van der Waals surface area contributed by atoms with Crippen LogP contribution >= 0.6 is 0 Å². The highest BCUT2D eigenvalue weighted by Gasteiger charge is 2.40. The van der Waals surface area contributed by atoms with Crippen LogP contribution in [0.3, 0.4) is 0 Å². The molecule has 1 aromatic carbocycles. The first-order valence-corrected chi connectivity index (χ1v) is 45.8. The van der Waals surface area contributed by atoms with Crippen molar-refractivity contribution in [2.24, 2.45) is 44.6 Å². The number of nitrogens with two attached hydrogens (primary N) is 4.